The lowest BCUT2D eigenvalue weighted by Gasteiger charge is -2.20. The summed E-state index contributed by atoms with van der Waals surface area (Å²) in [7, 11) is 0. The molecule has 0 bridgehead atoms. The van der Waals surface area contributed by atoms with Crippen LogP contribution >= 0.6 is 0 Å². The van der Waals surface area contributed by atoms with E-state index in [2.05, 4.69) is 27.0 Å². The van der Waals surface area contributed by atoms with Crippen molar-refractivity contribution in [3.63, 3.8) is 0 Å². The minimum Gasteiger partial charge on any atom is -0.312 e. The molecule has 1 aromatic heterocycles. The molecule has 1 saturated carbocycles. The van der Waals surface area contributed by atoms with Gasteiger partial charge in [-0.15, -0.1) is 10.2 Å². The number of hydrogen-bond donors (Lipinski definition) is 1. The molecule has 0 radical (unpaired) electrons. The number of rotatable bonds is 1. The van der Waals surface area contributed by atoms with Crippen molar-refractivity contribution in [3.05, 3.63) is 11.6 Å². The molecule has 0 amide bonds. The van der Waals surface area contributed by atoms with Gasteiger partial charge in [0, 0.05) is 19.0 Å². The van der Waals surface area contributed by atoms with Gasteiger partial charge in [0.15, 0.2) is 0 Å². The summed E-state index contributed by atoms with van der Waals surface area (Å²) in [6.07, 6.45) is 4.00. The molecule has 0 saturated heterocycles. The van der Waals surface area contributed by atoms with Gasteiger partial charge in [0.2, 0.25) is 0 Å². The van der Waals surface area contributed by atoms with Crippen LogP contribution in [0.25, 0.3) is 0 Å². The van der Waals surface area contributed by atoms with Crippen LogP contribution in [0.2, 0.25) is 0 Å². The van der Waals surface area contributed by atoms with Crippen molar-refractivity contribution in [1.29, 1.82) is 0 Å². The summed E-state index contributed by atoms with van der Waals surface area (Å²) >= 11 is 0. The van der Waals surface area contributed by atoms with Crippen molar-refractivity contribution in [3.8, 4) is 0 Å². The number of aromatic nitrogens is 3. The maximum atomic E-state index is 4.40. The zero-order chi connectivity index (χ0) is 10.3. The number of fused-ring (bicyclic) bond motifs is 1. The highest BCUT2D eigenvalue weighted by Crippen LogP contribution is 2.38. The summed E-state index contributed by atoms with van der Waals surface area (Å²) in [4.78, 5) is 0. The Bertz CT molecular complexity index is 357. The molecule has 3 rings (SSSR count). The standard InChI is InChI=1S/C11H18N4/c1-8-3-2-4-9(8)11-14-13-10-7-12-5-6-15(10)11/h8-9,12H,2-7H2,1H3. The first-order valence-electron chi connectivity index (χ1n) is 5.99. The van der Waals surface area contributed by atoms with Crippen molar-refractivity contribution in [1.82, 2.24) is 20.1 Å². The van der Waals surface area contributed by atoms with Crippen LogP contribution in [0.15, 0.2) is 0 Å². The third-order valence-electron chi connectivity index (χ3n) is 3.84. The smallest absolute Gasteiger partial charge is 0.147 e. The molecule has 82 valence electrons. The van der Waals surface area contributed by atoms with Gasteiger partial charge < -0.3 is 9.88 Å². The molecule has 2 heterocycles. The fraction of sp³-hybridized carbons (Fsp3) is 0.818. The number of nitrogens with zero attached hydrogens (tertiary/aromatic N) is 3. The van der Waals surface area contributed by atoms with Crippen LogP contribution in [0.1, 0.15) is 43.8 Å². The fourth-order valence-corrected chi connectivity index (χ4v) is 2.92. The second kappa shape index (κ2) is 3.59. The van der Waals surface area contributed by atoms with Gasteiger partial charge in [-0.05, 0) is 18.8 Å². The molecule has 2 unspecified atom stereocenters. The highest BCUT2D eigenvalue weighted by molar-refractivity contribution is 5.07. The Morgan fingerprint density at radius 1 is 1.33 bits per heavy atom. The van der Waals surface area contributed by atoms with Gasteiger partial charge in [0.05, 0.1) is 6.54 Å². The fourth-order valence-electron chi connectivity index (χ4n) is 2.92. The Hall–Kier alpha value is -0.900. The average molecular weight is 206 g/mol. The summed E-state index contributed by atoms with van der Waals surface area (Å²) in [6.45, 7) is 5.33. The lowest BCUT2D eigenvalue weighted by atomic mass is 9.97. The second-order valence-electron chi connectivity index (χ2n) is 4.82. The third kappa shape index (κ3) is 1.47. The first-order chi connectivity index (χ1) is 7.36. The molecular weight excluding hydrogens is 188 g/mol. The molecule has 1 aliphatic carbocycles. The minimum atomic E-state index is 0.657. The van der Waals surface area contributed by atoms with Gasteiger partial charge in [-0.1, -0.05) is 13.3 Å². The summed E-state index contributed by atoms with van der Waals surface area (Å²) in [5.74, 6) is 3.81. The third-order valence-corrected chi connectivity index (χ3v) is 3.84. The largest absolute Gasteiger partial charge is 0.312 e. The van der Waals surface area contributed by atoms with E-state index in [9.17, 15) is 0 Å². The maximum Gasteiger partial charge on any atom is 0.147 e. The van der Waals surface area contributed by atoms with Crippen LogP contribution in [-0.2, 0) is 13.1 Å². The minimum absolute atomic E-state index is 0.657. The van der Waals surface area contributed by atoms with Crippen LogP contribution < -0.4 is 5.32 Å². The van der Waals surface area contributed by atoms with Gasteiger partial charge in [0.1, 0.15) is 11.6 Å². The lowest BCUT2D eigenvalue weighted by molar-refractivity contribution is 0.446. The first-order valence-corrected chi connectivity index (χ1v) is 5.99. The maximum absolute atomic E-state index is 4.40. The van der Waals surface area contributed by atoms with Gasteiger partial charge in [-0.2, -0.15) is 0 Å². The van der Waals surface area contributed by atoms with Gasteiger partial charge in [-0.3, -0.25) is 0 Å². The van der Waals surface area contributed by atoms with Crippen molar-refractivity contribution < 1.29 is 0 Å². The first kappa shape index (κ1) is 9.33. The Kier molecular flexibility index (Phi) is 2.24. The Balaban J connectivity index is 1.94. The van der Waals surface area contributed by atoms with E-state index in [0.717, 1.165) is 31.4 Å². The van der Waals surface area contributed by atoms with E-state index in [1.54, 1.807) is 0 Å². The quantitative estimate of drug-likeness (QED) is 0.752. The van der Waals surface area contributed by atoms with Gasteiger partial charge in [0.25, 0.3) is 0 Å². The van der Waals surface area contributed by atoms with Crippen LogP contribution in [-0.4, -0.2) is 21.3 Å². The van der Waals surface area contributed by atoms with Gasteiger partial charge in [-0.25, -0.2) is 0 Å². The van der Waals surface area contributed by atoms with E-state index in [1.165, 1.54) is 25.1 Å². The predicted octanol–water partition coefficient (Wildman–Crippen LogP) is 1.28. The van der Waals surface area contributed by atoms with E-state index in [-0.39, 0.29) is 0 Å². The zero-order valence-corrected chi connectivity index (χ0v) is 9.24. The number of hydrogen-bond acceptors (Lipinski definition) is 3. The van der Waals surface area contributed by atoms with Crippen molar-refractivity contribution in [2.45, 2.75) is 45.2 Å². The molecule has 0 spiro atoms. The molecular formula is C11H18N4. The van der Waals surface area contributed by atoms with Crippen LogP contribution in [0.3, 0.4) is 0 Å². The number of nitrogens with one attached hydrogen (secondary N) is 1. The van der Waals surface area contributed by atoms with Crippen molar-refractivity contribution >= 4 is 0 Å². The Morgan fingerprint density at radius 2 is 2.27 bits per heavy atom. The molecule has 1 N–H and O–H groups in total. The van der Waals surface area contributed by atoms with Crippen molar-refractivity contribution in [2.24, 2.45) is 5.92 Å². The molecule has 2 aliphatic rings. The molecule has 4 heteroatoms. The summed E-state index contributed by atoms with van der Waals surface area (Å²) in [5, 5.41) is 12.0. The average Bonchev–Trinajstić information content (AvgIpc) is 2.83. The van der Waals surface area contributed by atoms with Gasteiger partial charge >= 0.3 is 0 Å². The van der Waals surface area contributed by atoms with Crippen LogP contribution in [0, 0.1) is 5.92 Å². The highest BCUT2D eigenvalue weighted by atomic mass is 15.3. The molecule has 4 nitrogen and oxygen atoms in total. The van der Waals surface area contributed by atoms with E-state index >= 15 is 0 Å². The second-order valence-corrected chi connectivity index (χ2v) is 4.82. The van der Waals surface area contributed by atoms with Crippen molar-refractivity contribution in [2.75, 3.05) is 6.54 Å². The molecule has 1 aliphatic heterocycles. The van der Waals surface area contributed by atoms with E-state index < -0.39 is 0 Å². The summed E-state index contributed by atoms with van der Waals surface area (Å²) in [6, 6.07) is 0. The lowest BCUT2D eigenvalue weighted by Crippen LogP contribution is -2.29. The summed E-state index contributed by atoms with van der Waals surface area (Å²) < 4.78 is 2.34. The monoisotopic (exact) mass is 206 g/mol. The normalized spacial score (nSPS) is 30.5. The van der Waals surface area contributed by atoms with Crippen LogP contribution in [0.4, 0.5) is 0 Å². The molecule has 2 atom stereocenters. The van der Waals surface area contributed by atoms with E-state index in [4.69, 9.17) is 0 Å². The highest BCUT2D eigenvalue weighted by Gasteiger charge is 2.30. The van der Waals surface area contributed by atoms with E-state index in [0.29, 0.717) is 5.92 Å². The molecule has 0 aromatic carbocycles. The molecule has 1 aromatic rings. The predicted molar refractivity (Wildman–Crippen MR) is 57.5 cm³/mol. The zero-order valence-electron chi connectivity index (χ0n) is 9.24. The molecule has 15 heavy (non-hydrogen) atoms. The Morgan fingerprint density at radius 3 is 3.07 bits per heavy atom. The van der Waals surface area contributed by atoms with Crippen LogP contribution in [0.5, 0.6) is 0 Å². The molecule has 1 fully saturated rings. The topological polar surface area (TPSA) is 42.7 Å². The van der Waals surface area contributed by atoms with E-state index in [1.807, 2.05) is 0 Å². The SMILES string of the molecule is CC1CCCC1c1nnc2n1CCNC2. The Labute approximate surface area is 90.1 Å². The summed E-state index contributed by atoms with van der Waals surface area (Å²) in [5.41, 5.74) is 0.